The largest absolute Gasteiger partial charge is 0.324 e. The number of halogens is 1. The monoisotopic (exact) mass is 498 g/mol. The van der Waals surface area contributed by atoms with E-state index in [4.69, 9.17) is 11.6 Å². The highest BCUT2D eigenvalue weighted by molar-refractivity contribution is 6.30. The number of hydrogen-bond acceptors (Lipinski definition) is 5. The minimum absolute atomic E-state index is 0.305. The number of hydrogen-bond donors (Lipinski definition) is 1. The van der Waals surface area contributed by atoms with E-state index >= 15 is 0 Å². The number of carbonyl (C=O) groups is 3. The predicted octanol–water partition coefficient (Wildman–Crippen LogP) is 4.47. The van der Waals surface area contributed by atoms with Gasteiger partial charge in [-0.3, -0.25) is 19.4 Å². The Bertz CT molecular complexity index is 1450. The number of benzene rings is 3. The van der Waals surface area contributed by atoms with Crippen LogP contribution < -0.4 is 10.2 Å². The van der Waals surface area contributed by atoms with E-state index in [0.717, 1.165) is 22.3 Å². The van der Waals surface area contributed by atoms with Crippen molar-refractivity contribution in [3.8, 4) is 0 Å². The number of amides is 3. The van der Waals surface area contributed by atoms with Crippen molar-refractivity contribution in [2.75, 3.05) is 10.2 Å². The molecule has 0 aliphatic carbocycles. The maximum Gasteiger partial charge on any atom is 0.249 e. The second-order valence-corrected chi connectivity index (χ2v) is 9.93. The molecule has 7 nitrogen and oxygen atoms in total. The molecule has 2 fully saturated rings. The van der Waals surface area contributed by atoms with Crippen LogP contribution in [0.5, 0.6) is 0 Å². The molecule has 2 saturated heterocycles. The highest BCUT2D eigenvalue weighted by Gasteiger charge is 2.65. The summed E-state index contributed by atoms with van der Waals surface area (Å²) >= 11 is 5.99. The Kier molecular flexibility index (Phi) is 5.19. The average molecular weight is 499 g/mol. The van der Waals surface area contributed by atoms with Gasteiger partial charge in [0.1, 0.15) is 6.04 Å². The topological polar surface area (TPSA) is 82.1 Å². The van der Waals surface area contributed by atoms with Crippen LogP contribution in [-0.4, -0.2) is 35.0 Å². The molecule has 3 aliphatic rings. The van der Waals surface area contributed by atoms with Crippen LogP contribution in [0.3, 0.4) is 0 Å². The second kappa shape index (κ2) is 8.31. The van der Waals surface area contributed by atoms with E-state index in [-0.39, 0.29) is 11.8 Å². The number of rotatable bonds is 3. The number of nitrogens with one attached hydrogen (secondary N) is 1. The lowest BCUT2D eigenvalue weighted by Gasteiger charge is -2.33. The second-order valence-electron chi connectivity index (χ2n) is 9.49. The van der Waals surface area contributed by atoms with Crippen LogP contribution in [0.15, 0.2) is 71.8 Å². The number of aryl methyl sites for hydroxylation is 2. The quantitative estimate of drug-likeness (QED) is 0.540. The zero-order valence-electron chi connectivity index (χ0n) is 19.7. The van der Waals surface area contributed by atoms with Gasteiger partial charge in [-0.2, -0.15) is 5.10 Å². The van der Waals surface area contributed by atoms with Gasteiger partial charge in [-0.15, -0.1) is 0 Å². The lowest BCUT2D eigenvalue weighted by Crippen LogP contribution is -2.46. The van der Waals surface area contributed by atoms with E-state index in [1.165, 1.54) is 4.90 Å². The summed E-state index contributed by atoms with van der Waals surface area (Å²) in [5.41, 5.74) is 4.74. The van der Waals surface area contributed by atoms with Crippen molar-refractivity contribution in [3.63, 3.8) is 0 Å². The van der Waals surface area contributed by atoms with E-state index in [1.54, 1.807) is 41.6 Å². The summed E-state index contributed by atoms with van der Waals surface area (Å²) in [5.74, 6) is -2.69. The van der Waals surface area contributed by atoms with Crippen molar-refractivity contribution < 1.29 is 14.4 Å². The molecule has 3 aliphatic heterocycles. The molecule has 3 aromatic carbocycles. The van der Waals surface area contributed by atoms with Gasteiger partial charge >= 0.3 is 0 Å². The Morgan fingerprint density at radius 1 is 0.944 bits per heavy atom. The molecule has 0 aromatic heterocycles. The summed E-state index contributed by atoms with van der Waals surface area (Å²) < 4.78 is 0. The molecule has 0 bridgehead atoms. The van der Waals surface area contributed by atoms with Crippen LogP contribution in [0.2, 0.25) is 5.02 Å². The van der Waals surface area contributed by atoms with E-state index in [2.05, 4.69) is 10.4 Å². The highest BCUT2D eigenvalue weighted by atomic mass is 35.5. The number of imide groups is 1. The minimum atomic E-state index is -0.951. The Morgan fingerprint density at radius 3 is 2.42 bits per heavy atom. The van der Waals surface area contributed by atoms with Crippen LogP contribution in [0.4, 0.5) is 11.4 Å². The molecule has 3 aromatic rings. The standard InChI is InChI=1S/C28H23ClN4O3/c1-15-7-12-21(16(2)13-15)32-27(35)22-23(28(32)36)25(26(34)31-19-10-8-18(29)9-11-19)33-24(22)20-6-4-3-5-17(20)14-30-33/h3-14,22-25H,1-2H3,(H,31,34)/t22-,23+,24-,25-/m0/s1. The van der Waals surface area contributed by atoms with Gasteiger partial charge in [0.15, 0.2) is 0 Å². The lowest BCUT2D eigenvalue weighted by atomic mass is 9.85. The van der Waals surface area contributed by atoms with Crippen molar-refractivity contribution in [1.82, 2.24) is 5.01 Å². The van der Waals surface area contributed by atoms with Crippen LogP contribution >= 0.6 is 11.6 Å². The molecule has 8 heteroatoms. The zero-order valence-corrected chi connectivity index (χ0v) is 20.4. The van der Waals surface area contributed by atoms with Gasteiger partial charge in [0.2, 0.25) is 17.7 Å². The van der Waals surface area contributed by atoms with E-state index < -0.39 is 29.8 Å². The summed E-state index contributed by atoms with van der Waals surface area (Å²) in [6, 6.07) is 18.6. The van der Waals surface area contributed by atoms with E-state index in [0.29, 0.717) is 16.4 Å². The first-order valence-corrected chi connectivity index (χ1v) is 12.2. The molecular weight excluding hydrogens is 476 g/mol. The molecule has 0 saturated carbocycles. The number of hydrazone groups is 1. The molecular formula is C28H23ClN4O3. The van der Waals surface area contributed by atoms with Gasteiger partial charge in [-0.1, -0.05) is 53.6 Å². The fourth-order valence-electron chi connectivity index (χ4n) is 5.71. The van der Waals surface area contributed by atoms with E-state index in [9.17, 15) is 14.4 Å². The molecule has 3 amide bonds. The van der Waals surface area contributed by atoms with Gasteiger partial charge < -0.3 is 5.32 Å². The number of fused-ring (bicyclic) bond motifs is 5. The highest BCUT2D eigenvalue weighted by Crippen LogP contribution is 2.53. The van der Waals surface area contributed by atoms with Crippen molar-refractivity contribution in [2.45, 2.75) is 25.9 Å². The third kappa shape index (κ3) is 3.34. The maximum absolute atomic E-state index is 13.9. The molecule has 36 heavy (non-hydrogen) atoms. The first kappa shape index (κ1) is 22.5. The van der Waals surface area contributed by atoms with Crippen LogP contribution in [0.25, 0.3) is 0 Å². The van der Waals surface area contributed by atoms with Gasteiger partial charge in [0, 0.05) is 10.7 Å². The molecule has 0 unspecified atom stereocenters. The average Bonchev–Trinajstić information content (AvgIpc) is 3.34. The maximum atomic E-state index is 13.9. The first-order chi connectivity index (χ1) is 17.3. The third-order valence-corrected chi connectivity index (χ3v) is 7.52. The van der Waals surface area contributed by atoms with Crippen LogP contribution in [-0.2, 0) is 14.4 Å². The molecule has 180 valence electrons. The molecule has 0 spiro atoms. The SMILES string of the molecule is Cc1ccc(N2C(=O)[C@@H]3[C@H](C2=O)[C@@H]2c4ccccc4C=NN2[C@@H]3C(=O)Nc2ccc(Cl)cc2)c(C)c1. The summed E-state index contributed by atoms with van der Waals surface area (Å²) in [7, 11) is 0. The smallest absolute Gasteiger partial charge is 0.249 e. The Labute approximate surface area is 213 Å². The molecule has 1 N–H and O–H groups in total. The van der Waals surface area contributed by atoms with Gasteiger partial charge in [-0.25, -0.2) is 4.90 Å². The molecule has 4 atom stereocenters. The van der Waals surface area contributed by atoms with Crippen molar-refractivity contribution >= 4 is 46.9 Å². The molecule has 0 radical (unpaired) electrons. The van der Waals surface area contributed by atoms with Gasteiger partial charge in [0.05, 0.1) is 29.8 Å². The summed E-state index contributed by atoms with van der Waals surface area (Å²) in [5, 5.41) is 9.65. The minimum Gasteiger partial charge on any atom is -0.324 e. The van der Waals surface area contributed by atoms with Gasteiger partial charge in [0.25, 0.3) is 0 Å². The van der Waals surface area contributed by atoms with Crippen LogP contribution in [0.1, 0.15) is 28.3 Å². The Hall–Kier alpha value is -3.97. The first-order valence-electron chi connectivity index (χ1n) is 11.8. The number of anilines is 2. The number of nitrogens with zero attached hydrogens (tertiary/aromatic N) is 3. The van der Waals surface area contributed by atoms with Crippen molar-refractivity contribution in [3.05, 3.63) is 94.0 Å². The fourth-order valence-corrected chi connectivity index (χ4v) is 5.84. The molecule has 3 heterocycles. The Balaban J connectivity index is 1.45. The van der Waals surface area contributed by atoms with Crippen LogP contribution in [0, 0.1) is 25.7 Å². The normalized spacial score (nSPS) is 24.0. The Morgan fingerprint density at radius 2 is 1.67 bits per heavy atom. The van der Waals surface area contributed by atoms with Crippen molar-refractivity contribution in [2.24, 2.45) is 16.9 Å². The van der Waals surface area contributed by atoms with Crippen molar-refractivity contribution in [1.29, 1.82) is 0 Å². The van der Waals surface area contributed by atoms with Gasteiger partial charge in [-0.05, 0) is 60.9 Å². The fraction of sp³-hybridized carbons (Fsp3) is 0.214. The zero-order chi connectivity index (χ0) is 25.1. The predicted molar refractivity (Wildman–Crippen MR) is 138 cm³/mol. The van der Waals surface area contributed by atoms with E-state index in [1.807, 2.05) is 50.2 Å². The third-order valence-electron chi connectivity index (χ3n) is 7.27. The molecule has 6 rings (SSSR count). The summed E-state index contributed by atoms with van der Waals surface area (Å²) in [6.45, 7) is 3.85. The number of carbonyl (C=O) groups excluding carboxylic acids is 3. The summed E-state index contributed by atoms with van der Waals surface area (Å²) in [6.07, 6.45) is 1.69. The lowest BCUT2D eigenvalue weighted by molar-refractivity contribution is -0.129. The summed E-state index contributed by atoms with van der Waals surface area (Å²) in [4.78, 5) is 42.8.